The predicted molar refractivity (Wildman–Crippen MR) is 47.7 cm³/mol. The quantitative estimate of drug-likeness (QED) is 0.528. The Balaban J connectivity index is 2.65. The Morgan fingerprint density at radius 2 is 1.79 bits per heavy atom. The third-order valence-electron chi connectivity index (χ3n) is 2.44. The lowest BCUT2D eigenvalue weighted by Crippen LogP contribution is -2.56. The summed E-state index contributed by atoms with van der Waals surface area (Å²) in [6.45, 7) is 2.98. The van der Waals surface area contributed by atoms with Crippen LogP contribution in [0.4, 0.5) is 0 Å². The Labute approximate surface area is 82.3 Å². The van der Waals surface area contributed by atoms with Gasteiger partial charge in [0.15, 0.2) is 0 Å². The monoisotopic (exact) mass is 204 g/mol. The molecule has 0 saturated carbocycles. The molecule has 0 unspecified atom stereocenters. The number of rotatable bonds is 2. The van der Waals surface area contributed by atoms with Gasteiger partial charge in [0.25, 0.3) is 0 Å². The molecule has 0 aromatic rings. The molecule has 82 valence electrons. The molecular weight excluding hydrogens is 188 g/mol. The highest BCUT2D eigenvalue weighted by Crippen LogP contribution is 2.22. The van der Waals surface area contributed by atoms with E-state index in [0.717, 1.165) is 0 Å². The van der Waals surface area contributed by atoms with Crippen molar-refractivity contribution in [3.05, 3.63) is 0 Å². The van der Waals surface area contributed by atoms with Crippen molar-refractivity contribution in [1.82, 2.24) is 0 Å². The van der Waals surface area contributed by atoms with Crippen LogP contribution in [-0.4, -0.2) is 51.6 Å². The van der Waals surface area contributed by atoms with Crippen molar-refractivity contribution >= 4 is 5.78 Å². The minimum atomic E-state index is -1.25. The largest absolute Gasteiger partial charge is 0.388 e. The summed E-state index contributed by atoms with van der Waals surface area (Å²) in [5.41, 5.74) is 0. The van der Waals surface area contributed by atoms with E-state index >= 15 is 0 Å². The number of hydrogen-bond acceptors (Lipinski definition) is 5. The summed E-state index contributed by atoms with van der Waals surface area (Å²) in [5.74, 6) is -0.121. The van der Waals surface area contributed by atoms with Gasteiger partial charge in [-0.1, -0.05) is 0 Å². The fraction of sp³-hybridized carbons (Fsp3) is 0.889. The summed E-state index contributed by atoms with van der Waals surface area (Å²) < 4.78 is 5.21. The molecule has 14 heavy (non-hydrogen) atoms. The molecular formula is C9H16O5. The first-order valence-electron chi connectivity index (χ1n) is 4.62. The maximum Gasteiger partial charge on any atom is 0.132 e. The maximum atomic E-state index is 10.8. The molecule has 5 atom stereocenters. The van der Waals surface area contributed by atoms with Gasteiger partial charge in [0, 0.05) is 6.42 Å². The number of carbonyl (C=O) groups excluding carboxylic acids is 1. The highest BCUT2D eigenvalue weighted by Gasteiger charge is 2.41. The first-order valence-corrected chi connectivity index (χ1v) is 4.62. The number of carbonyl (C=O) groups is 1. The summed E-state index contributed by atoms with van der Waals surface area (Å²) in [7, 11) is 0. The third-order valence-corrected chi connectivity index (χ3v) is 2.44. The molecule has 1 saturated heterocycles. The zero-order valence-corrected chi connectivity index (χ0v) is 8.25. The minimum Gasteiger partial charge on any atom is -0.388 e. The highest BCUT2D eigenvalue weighted by molar-refractivity contribution is 5.76. The topological polar surface area (TPSA) is 87.0 Å². The van der Waals surface area contributed by atoms with Gasteiger partial charge in [0.05, 0.1) is 12.2 Å². The third kappa shape index (κ3) is 2.30. The molecule has 0 spiro atoms. The standard InChI is InChI=1S/C9H16O5/c1-4(10)3-6-8(12)9(13)7(11)5(2)14-6/h5-9,11-13H,3H2,1-2H3/t5-,6-,7+,8+,9+/m0/s1. The molecule has 3 N–H and O–H groups in total. The van der Waals surface area contributed by atoms with Crippen molar-refractivity contribution in [2.45, 2.75) is 50.8 Å². The van der Waals surface area contributed by atoms with Gasteiger partial charge in [-0.2, -0.15) is 0 Å². The van der Waals surface area contributed by atoms with Crippen LogP contribution in [0.5, 0.6) is 0 Å². The number of Topliss-reactive ketones (excluding diaryl/α,β-unsaturated/α-hetero) is 1. The van der Waals surface area contributed by atoms with Crippen LogP contribution in [0, 0.1) is 0 Å². The Kier molecular flexibility index (Phi) is 3.60. The van der Waals surface area contributed by atoms with Crippen LogP contribution in [0.15, 0.2) is 0 Å². The number of aliphatic hydroxyl groups excluding tert-OH is 3. The van der Waals surface area contributed by atoms with Gasteiger partial charge >= 0.3 is 0 Å². The van der Waals surface area contributed by atoms with E-state index in [0.29, 0.717) is 0 Å². The number of hydrogen-bond donors (Lipinski definition) is 3. The average Bonchev–Trinajstić information content (AvgIpc) is 2.10. The number of ether oxygens (including phenoxy) is 1. The summed E-state index contributed by atoms with van der Waals surface area (Å²) in [6, 6.07) is 0. The molecule has 5 heteroatoms. The second-order valence-corrected chi connectivity index (χ2v) is 3.76. The lowest BCUT2D eigenvalue weighted by atomic mass is 9.93. The van der Waals surface area contributed by atoms with E-state index in [-0.39, 0.29) is 12.2 Å². The van der Waals surface area contributed by atoms with E-state index in [4.69, 9.17) is 4.74 Å². The SMILES string of the molecule is CC(=O)C[C@@H]1O[C@@H](C)[C@@H](O)[C@@H](O)[C@@H]1O. The van der Waals surface area contributed by atoms with E-state index in [1.54, 1.807) is 6.92 Å². The highest BCUT2D eigenvalue weighted by atomic mass is 16.5. The molecule has 1 heterocycles. The summed E-state index contributed by atoms with van der Waals surface area (Å²) >= 11 is 0. The van der Waals surface area contributed by atoms with E-state index in [9.17, 15) is 20.1 Å². The lowest BCUT2D eigenvalue weighted by molar-refractivity contribution is -0.217. The van der Waals surface area contributed by atoms with Gasteiger partial charge in [-0.15, -0.1) is 0 Å². The van der Waals surface area contributed by atoms with Crippen LogP contribution in [0.1, 0.15) is 20.3 Å². The molecule has 1 aliphatic rings. The average molecular weight is 204 g/mol. The van der Waals surface area contributed by atoms with E-state index in [1.165, 1.54) is 6.92 Å². The maximum absolute atomic E-state index is 10.8. The van der Waals surface area contributed by atoms with Crippen molar-refractivity contribution in [3.63, 3.8) is 0 Å². The van der Waals surface area contributed by atoms with Gasteiger partial charge in [0.2, 0.25) is 0 Å². The van der Waals surface area contributed by atoms with Crippen LogP contribution in [0.3, 0.4) is 0 Å². The molecule has 1 aliphatic heterocycles. The molecule has 0 amide bonds. The molecule has 5 nitrogen and oxygen atoms in total. The first-order chi connectivity index (χ1) is 6.43. The molecule has 0 bridgehead atoms. The van der Waals surface area contributed by atoms with Crippen LogP contribution >= 0.6 is 0 Å². The van der Waals surface area contributed by atoms with E-state index < -0.39 is 30.5 Å². The summed E-state index contributed by atoms with van der Waals surface area (Å²) in [6.07, 6.45) is -4.80. The van der Waals surface area contributed by atoms with Crippen LogP contribution < -0.4 is 0 Å². The number of aliphatic hydroxyl groups is 3. The van der Waals surface area contributed by atoms with Crippen LogP contribution in [0.25, 0.3) is 0 Å². The van der Waals surface area contributed by atoms with Gasteiger partial charge in [-0.3, -0.25) is 4.79 Å². The van der Waals surface area contributed by atoms with Gasteiger partial charge in [-0.25, -0.2) is 0 Å². The molecule has 0 aromatic heterocycles. The Morgan fingerprint density at radius 3 is 2.29 bits per heavy atom. The number of ketones is 1. The smallest absolute Gasteiger partial charge is 0.132 e. The first kappa shape index (κ1) is 11.6. The zero-order valence-electron chi connectivity index (χ0n) is 8.25. The predicted octanol–water partition coefficient (Wildman–Crippen LogP) is -1.16. The molecule has 0 aliphatic carbocycles. The zero-order chi connectivity index (χ0) is 10.9. The van der Waals surface area contributed by atoms with Gasteiger partial charge in [-0.05, 0) is 13.8 Å². The Morgan fingerprint density at radius 1 is 1.21 bits per heavy atom. The summed E-state index contributed by atoms with van der Waals surface area (Å²) in [5, 5.41) is 28.2. The normalized spacial score (nSPS) is 43.6. The Bertz CT molecular complexity index is 217. The van der Waals surface area contributed by atoms with Crippen molar-refractivity contribution in [2.24, 2.45) is 0 Å². The van der Waals surface area contributed by atoms with Crippen molar-refractivity contribution in [3.8, 4) is 0 Å². The van der Waals surface area contributed by atoms with Crippen molar-refractivity contribution in [1.29, 1.82) is 0 Å². The lowest BCUT2D eigenvalue weighted by Gasteiger charge is -2.39. The van der Waals surface area contributed by atoms with E-state index in [1.807, 2.05) is 0 Å². The molecule has 0 radical (unpaired) electrons. The minimum absolute atomic E-state index is 0.0509. The fourth-order valence-corrected chi connectivity index (χ4v) is 1.59. The van der Waals surface area contributed by atoms with E-state index in [2.05, 4.69) is 0 Å². The summed E-state index contributed by atoms with van der Waals surface area (Å²) in [4.78, 5) is 10.8. The molecule has 0 aromatic carbocycles. The van der Waals surface area contributed by atoms with Gasteiger partial charge in [0.1, 0.15) is 24.1 Å². The van der Waals surface area contributed by atoms with Crippen LogP contribution in [0.2, 0.25) is 0 Å². The fourth-order valence-electron chi connectivity index (χ4n) is 1.59. The second kappa shape index (κ2) is 4.35. The molecule has 1 fully saturated rings. The molecule has 1 rings (SSSR count). The van der Waals surface area contributed by atoms with Crippen molar-refractivity contribution in [2.75, 3.05) is 0 Å². The van der Waals surface area contributed by atoms with Gasteiger partial charge < -0.3 is 20.1 Å². The Hall–Kier alpha value is -0.490. The van der Waals surface area contributed by atoms with Crippen LogP contribution in [-0.2, 0) is 9.53 Å². The van der Waals surface area contributed by atoms with Crippen molar-refractivity contribution < 1.29 is 24.9 Å². The second-order valence-electron chi connectivity index (χ2n) is 3.76.